The number of rotatable bonds is 2. The molecule has 3 rings (SSSR count). The van der Waals surface area contributed by atoms with Crippen LogP contribution in [0.25, 0.3) is 22.0 Å². The second kappa shape index (κ2) is 5.65. The lowest BCUT2D eigenvalue weighted by atomic mass is 10.00. The molecule has 1 heterocycles. The molecule has 1 amide bonds. The fraction of sp³-hybridized carbons (Fsp3) is 0. The predicted octanol–water partition coefficient (Wildman–Crippen LogP) is 2.32. The Kier molecular flexibility index (Phi) is 3.53. The highest BCUT2D eigenvalue weighted by atomic mass is 16.1. The zero-order valence-corrected chi connectivity index (χ0v) is 11.7. The number of benzene rings is 2. The largest absolute Gasteiger partial charge is 0.370 e. The van der Waals surface area contributed by atoms with Crippen LogP contribution < -0.4 is 11.5 Å². The van der Waals surface area contributed by atoms with E-state index in [0.717, 1.165) is 22.0 Å². The number of hydrogen-bond donors (Lipinski definition) is 2. The number of fused-ring (bicyclic) bond motifs is 1. The van der Waals surface area contributed by atoms with Crippen molar-refractivity contribution in [2.24, 2.45) is 16.5 Å². The minimum absolute atomic E-state index is 0.250. The number of aromatic nitrogens is 1. The summed E-state index contributed by atoms with van der Waals surface area (Å²) in [6.45, 7) is 0. The topological polar surface area (TPSA) is 94.4 Å². The van der Waals surface area contributed by atoms with Gasteiger partial charge >= 0.3 is 0 Å². The first-order chi connectivity index (χ1) is 10.6. The summed E-state index contributed by atoms with van der Waals surface area (Å²) in [6.07, 6.45) is 1.75. The fourth-order valence-corrected chi connectivity index (χ4v) is 2.33. The molecule has 0 atom stereocenters. The van der Waals surface area contributed by atoms with Gasteiger partial charge in [-0.15, -0.1) is 0 Å². The maximum atomic E-state index is 12.0. The van der Waals surface area contributed by atoms with Gasteiger partial charge < -0.3 is 11.5 Å². The van der Waals surface area contributed by atoms with Crippen LogP contribution in [-0.4, -0.2) is 16.9 Å². The SMILES string of the molecule is NC(N)=NC(=O)c1ccc2nccc(-c3ccccc3)c2c1. The van der Waals surface area contributed by atoms with Crippen LogP contribution in [0.5, 0.6) is 0 Å². The number of amides is 1. The van der Waals surface area contributed by atoms with E-state index in [4.69, 9.17) is 11.5 Å². The summed E-state index contributed by atoms with van der Waals surface area (Å²) in [4.78, 5) is 19.9. The van der Waals surface area contributed by atoms with Crippen molar-refractivity contribution >= 4 is 22.8 Å². The molecule has 0 saturated carbocycles. The number of nitrogens with zero attached hydrogens (tertiary/aromatic N) is 2. The molecule has 1 aromatic heterocycles. The van der Waals surface area contributed by atoms with Crippen molar-refractivity contribution in [3.05, 3.63) is 66.4 Å². The van der Waals surface area contributed by atoms with Gasteiger partial charge in [-0.2, -0.15) is 4.99 Å². The molecule has 4 N–H and O–H groups in total. The Labute approximate surface area is 127 Å². The maximum absolute atomic E-state index is 12.0. The van der Waals surface area contributed by atoms with Crippen molar-refractivity contribution in [2.45, 2.75) is 0 Å². The van der Waals surface area contributed by atoms with Gasteiger partial charge in [0.15, 0.2) is 5.96 Å². The van der Waals surface area contributed by atoms with Crippen molar-refractivity contribution in [1.29, 1.82) is 0 Å². The zero-order chi connectivity index (χ0) is 15.5. The smallest absolute Gasteiger partial charge is 0.280 e. The third kappa shape index (κ3) is 2.64. The number of aliphatic imine (C=N–C) groups is 1. The van der Waals surface area contributed by atoms with Crippen LogP contribution in [0.15, 0.2) is 65.8 Å². The van der Waals surface area contributed by atoms with E-state index in [1.54, 1.807) is 24.4 Å². The van der Waals surface area contributed by atoms with E-state index in [1.165, 1.54) is 0 Å². The van der Waals surface area contributed by atoms with Crippen molar-refractivity contribution in [3.8, 4) is 11.1 Å². The molecular formula is C17H14N4O. The maximum Gasteiger partial charge on any atom is 0.280 e. The average molecular weight is 290 g/mol. The standard InChI is InChI=1S/C17H14N4O/c18-17(19)21-16(22)12-6-7-15-14(10-12)13(8-9-20-15)11-4-2-1-3-5-11/h1-10H,(H4,18,19,21,22). The number of pyridine rings is 1. The van der Waals surface area contributed by atoms with E-state index < -0.39 is 5.91 Å². The van der Waals surface area contributed by atoms with Crippen LogP contribution in [0.4, 0.5) is 0 Å². The minimum atomic E-state index is -0.468. The number of hydrogen-bond acceptors (Lipinski definition) is 2. The molecule has 3 aromatic rings. The minimum Gasteiger partial charge on any atom is -0.370 e. The zero-order valence-electron chi connectivity index (χ0n) is 11.7. The predicted molar refractivity (Wildman–Crippen MR) is 87.3 cm³/mol. The van der Waals surface area contributed by atoms with Gasteiger partial charge in [0, 0.05) is 17.1 Å². The quantitative estimate of drug-likeness (QED) is 0.559. The summed E-state index contributed by atoms with van der Waals surface area (Å²) in [6, 6.07) is 17.1. The first-order valence-corrected chi connectivity index (χ1v) is 6.73. The van der Waals surface area contributed by atoms with Crippen LogP contribution in [0.1, 0.15) is 10.4 Å². The molecule has 0 spiro atoms. The van der Waals surface area contributed by atoms with Crippen LogP contribution >= 0.6 is 0 Å². The van der Waals surface area contributed by atoms with Crippen molar-refractivity contribution < 1.29 is 4.79 Å². The monoisotopic (exact) mass is 290 g/mol. The second-order valence-electron chi connectivity index (χ2n) is 4.80. The normalized spacial score (nSPS) is 10.4. The Morgan fingerprint density at radius 2 is 1.77 bits per heavy atom. The molecule has 0 radical (unpaired) electrons. The third-order valence-corrected chi connectivity index (χ3v) is 3.30. The van der Waals surface area contributed by atoms with Crippen LogP contribution in [0, 0.1) is 0 Å². The number of nitrogens with two attached hydrogens (primary N) is 2. The van der Waals surface area contributed by atoms with E-state index in [1.807, 2.05) is 36.4 Å². The molecule has 0 aliphatic carbocycles. The molecule has 108 valence electrons. The Morgan fingerprint density at radius 1 is 1.00 bits per heavy atom. The Morgan fingerprint density at radius 3 is 2.50 bits per heavy atom. The van der Waals surface area contributed by atoms with Crippen LogP contribution in [0.2, 0.25) is 0 Å². The molecule has 0 aliphatic heterocycles. The number of guanidine groups is 1. The summed E-state index contributed by atoms with van der Waals surface area (Å²) in [5, 5.41) is 0.880. The van der Waals surface area contributed by atoms with Crippen LogP contribution in [-0.2, 0) is 0 Å². The van der Waals surface area contributed by atoms with Gasteiger partial charge in [0.25, 0.3) is 5.91 Å². The van der Waals surface area contributed by atoms with Gasteiger partial charge in [-0.05, 0) is 35.4 Å². The second-order valence-corrected chi connectivity index (χ2v) is 4.80. The lowest BCUT2D eigenvalue weighted by Gasteiger charge is -2.07. The first kappa shape index (κ1) is 13.8. The van der Waals surface area contributed by atoms with E-state index in [-0.39, 0.29) is 5.96 Å². The Hall–Kier alpha value is -3.21. The molecule has 0 fully saturated rings. The Balaban J connectivity index is 2.19. The average Bonchev–Trinajstić information content (AvgIpc) is 2.54. The summed E-state index contributed by atoms with van der Waals surface area (Å²) < 4.78 is 0. The molecule has 22 heavy (non-hydrogen) atoms. The summed E-state index contributed by atoms with van der Waals surface area (Å²) in [7, 11) is 0. The highest BCUT2D eigenvalue weighted by Crippen LogP contribution is 2.28. The van der Waals surface area contributed by atoms with Gasteiger partial charge in [-0.25, -0.2) is 0 Å². The van der Waals surface area contributed by atoms with Crippen molar-refractivity contribution in [1.82, 2.24) is 4.98 Å². The summed E-state index contributed by atoms with van der Waals surface area (Å²) in [5.41, 5.74) is 13.8. The summed E-state index contributed by atoms with van der Waals surface area (Å²) >= 11 is 0. The van der Waals surface area contributed by atoms with Gasteiger partial charge in [0.2, 0.25) is 0 Å². The molecular weight excluding hydrogens is 276 g/mol. The highest BCUT2D eigenvalue weighted by Gasteiger charge is 2.09. The van der Waals surface area contributed by atoms with Gasteiger partial charge in [-0.1, -0.05) is 30.3 Å². The van der Waals surface area contributed by atoms with Gasteiger partial charge in [-0.3, -0.25) is 9.78 Å². The highest BCUT2D eigenvalue weighted by molar-refractivity contribution is 6.05. The lowest BCUT2D eigenvalue weighted by Crippen LogP contribution is -2.24. The fourth-order valence-electron chi connectivity index (χ4n) is 2.33. The van der Waals surface area contributed by atoms with Crippen LogP contribution in [0.3, 0.4) is 0 Å². The molecule has 5 nitrogen and oxygen atoms in total. The van der Waals surface area contributed by atoms with E-state index in [2.05, 4.69) is 9.98 Å². The molecule has 0 saturated heterocycles. The molecule has 0 unspecified atom stereocenters. The van der Waals surface area contributed by atoms with E-state index in [9.17, 15) is 4.79 Å². The molecule has 0 aliphatic rings. The first-order valence-electron chi connectivity index (χ1n) is 6.73. The van der Waals surface area contributed by atoms with Crippen molar-refractivity contribution in [3.63, 3.8) is 0 Å². The molecule has 0 bridgehead atoms. The van der Waals surface area contributed by atoms with E-state index >= 15 is 0 Å². The third-order valence-electron chi connectivity index (χ3n) is 3.30. The molecule has 5 heteroatoms. The lowest BCUT2D eigenvalue weighted by molar-refractivity contribution is 0.100. The number of carbonyl (C=O) groups is 1. The molecule has 2 aromatic carbocycles. The van der Waals surface area contributed by atoms with Gasteiger partial charge in [0.1, 0.15) is 0 Å². The number of carbonyl (C=O) groups excluding carboxylic acids is 1. The van der Waals surface area contributed by atoms with Crippen molar-refractivity contribution in [2.75, 3.05) is 0 Å². The summed E-state index contributed by atoms with van der Waals surface area (Å²) in [5.74, 6) is -0.718. The van der Waals surface area contributed by atoms with E-state index in [0.29, 0.717) is 5.56 Å². The Bertz CT molecular complexity index is 868. The van der Waals surface area contributed by atoms with Gasteiger partial charge in [0.05, 0.1) is 5.52 Å².